The summed E-state index contributed by atoms with van der Waals surface area (Å²) in [5.41, 5.74) is 4.69. The molecule has 1 saturated carbocycles. The number of hydrogen-bond donors (Lipinski definition) is 3. The highest BCUT2D eigenvalue weighted by molar-refractivity contribution is 5.79. The third-order valence-corrected chi connectivity index (χ3v) is 6.73. The van der Waals surface area contributed by atoms with E-state index in [0.29, 0.717) is 25.9 Å². The van der Waals surface area contributed by atoms with Gasteiger partial charge >= 0.3 is 12.1 Å². The first-order chi connectivity index (χ1) is 16.0. The van der Waals surface area contributed by atoms with Crippen LogP contribution in [0, 0.1) is 11.8 Å². The van der Waals surface area contributed by atoms with Crippen molar-refractivity contribution in [1.29, 1.82) is 0 Å². The maximum absolute atomic E-state index is 12.2. The normalized spacial score (nSPS) is 18.9. The minimum atomic E-state index is -0.779. The second kappa shape index (κ2) is 10.5. The van der Waals surface area contributed by atoms with Crippen LogP contribution in [0.15, 0.2) is 48.5 Å². The molecule has 0 radical (unpaired) electrons. The molecule has 7 heteroatoms. The summed E-state index contributed by atoms with van der Waals surface area (Å²) >= 11 is 0. The van der Waals surface area contributed by atoms with Gasteiger partial charge in [-0.2, -0.15) is 0 Å². The van der Waals surface area contributed by atoms with Crippen LogP contribution in [0.4, 0.5) is 4.79 Å². The zero-order valence-corrected chi connectivity index (χ0v) is 18.6. The molecule has 0 aromatic heterocycles. The molecule has 2 atom stereocenters. The highest BCUT2D eigenvalue weighted by Crippen LogP contribution is 2.44. The second-order valence-electron chi connectivity index (χ2n) is 8.80. The highest BCUT2D eigenvalue weighted by atomic mass is 16.5. The quantitative estimate of drug-likeness (QED) is 0.502. The van der Waals surface area contributed by atoms with Gasteiger partial charge in [-0.25, -0.2) is 4.79 Å². The molecule has 1 fully saturated rings. The first-order valence-corrected chi connectivity index (χ1v) is 11.6. The van der Waals surface area contributed by atoms with Crippen molar-refractivity contribution >= 4 is 18.0 Å². The number of aliphatic carboxylic acids is 1. The van der Waals surface area contributed by atoms with Crippen molar-refractivity contribution in [2.75, 3.05) is 19.7 Å². The van der Waals surface area contributed by atoms with E-state index < -0.39 is 12.1 Å². The SMILES string of the molecule is O=C(CCCNC(=O)OCC1c2ccccc2-c2ccccc21)NC[C@H]1CCC[C@H]1C(=O)O. The Morgan fingerprint density at radius 3 is 2.27 bits per heavy atom. The molecule has 2 amide bonds. The molecule has 2 aliphatic carbocycles. The van der Waals surface area contributed by atoms with Crippen LogP contribution in [-0.2, 0) is 14.3 Å². The van der Waals surface area contributed by atoms with Crippen LogP contribution in [0.2, 0.25) is 0 Å². The molecule has 2 aromatic carbocycles. The number of benzene rings is 2. The number of amides is 2. The fourth-order valence-corrected chi connectivity index (χ4v) is 5.03. The molecule has 0 heterocycles. The summed E-state index contributed by atoms with van der Waals surface area (Å²) < 4.78 is 5.49. The van der Waals surface area contributed by atoms with Crippen LogP contribution in [0.1, 0.15) is 49.1 Å². The summed E-state index contributed by atoms with van der Waals surface area (Å²) in [7, 11) is 0. The summed E-state index contributed by atoms with van der Waals surface area (Å²) in [6, 6.07) is 16.4. The monoisotopic (exact) mass is 450 g/mol. The smallest absolute Gasteiger partial charge is 0.407 e. The molecule has 0 bridgehead atoms. The molecule has 2 aliphatic rings. The summed E-state index contributed by atoms with van der Waals surface area (Å²) in [5.74, 6) is -1.25. The molecular formula is C26H30N2O5. The van der Waals surface area contributed by atoms with Gasteiger partial charge in [0.2, 0.25) is 5.91 Å². The summed E-state index contributed by atoms with van der Waals surface area (Å²) in [6.45, 7) is 0.993. The zero-order valence-electron chi connectivity index (χ0n) is 18.6. The largest absolute Gasteiger partial charge is 0.481 e. The van der Waals surface area contributed by atoms with Crippen LogP contribution in [0.25, 0.3) is 11.1 Å². The fourth-order valence-electron chi connectivity index (χ4n) is 5.03. The van der Waals surface area contributed by atoms with Crippen molar-refractivity contribution in [2.24, 2.45) is 11.8 Å². The van der Waals surface area contributed by atoms with E-state index >= 15 is 0 Å². The lowest BCUT2D eigenvalue weighted by atomic mass is 9.96. The van der Waals surface area contributed by atoms with E-state index in [0.717, 1.165) is 24.0 Å². The maximum atomic E-state index is 12.2. The Bertz CT molecular complexity index is 976. The predicted molar refractivity (Wildman–Crippen MR) is 124 cm³/mol. The molecule has 0 aliphatic heterocycles. The lowest BCUT2D eigenvalue weighted by Gasteiger charge is -2.16. The van der Waals surface area contributed by atoms with E-state index in [1.807, 2.05) is 24.3 Å². The topological polar surface area (TPSA) is 105 Å². The second-order valence-corrected chi connectivity index (χ2v) is 8.80. The van der Waals surface area contributed by atoms with Gasteiger partial charge in [0.25, 0.3) is 0 Å². The Morgan fingerprint density at radius 1 is 0.939 bits per heavy atom. The van der Waals surface area contributed by atoms with Crippen LogP contribution < -0.4 is 10.6 Å². The standard InChI is InChI=1S/C26H30N2O5/c29-24(28-15-17-7-5-12-18(17)25(30)31)13-6-14-27-26(32)33-16-23-21-10-3-1-8-19(21)20-9-2-4-11-22(20)23/h1-4,8-11,17-18,23H,5-7,12-16H2,(H,27,32)(H,28,29)(H,30,31)/t17-,18-/m1/s1. The number of carboxylic acids is 1. The van der Waals surface area contributed by atoms with E-state index in [1.165, 1.54) is 11.1 Å². The first kappa shape index (κ1) is 22.8. The van der Waals surface area contributed by atoms with Gasteiger partial charge in [0.05, 0.1) is 5.92 Å². The molecule has 33 heavy (non-hydrogen) atoms. The number of rotatable bonds is 9. The Balaban J connectivity index is 1.16. The molecule has 4 rings (SSSR count). The number of carboxylic acid groups (broad SMARTS) is 1. The van der Waals surface area contributed by atoms with Crippen molar-refractivity contribution in [2.45, 2.75) is 38.0 Å². The maximum Gasteiger partial charge on any atom is 0.407 e. The van der Waals surface area contributed by atoms with Gasteiger partial charge < -0.3 is 20.5 Å². The molecule has 3 N–H and O–H groups in total. The summed E-state index contributed by atoms with van der Waals surface area (Å²) in [6.07, 6.45) is 2.67. The lowest BCUT2D eigenvalue weighted by molar-refractivity contribution is -0.143. The minimum absolute atomic E-state index is 0.00500. The Labute approximate surface area is 193 Å². The summed E-state index contributed by atoms with van der Waals surface area (Å²) in [4.78, 5) is 35.5. The number of fused-ring (bicyclic) bond motifs is 3. The number of carbonyl (C=O) groups is 3. The molecule has 0 saturated heterocycles. The average Bonchev–Trinajstić information content (AvgIpc) is 3.42. The Morgan fingerprint density at radius 2 is 1.61 bits per heavy atom. The number of nitrogens with one attached hydrogen (secondary N) is 2. The van der Waals surface area contributed by atoms with E-state index in [9.17, 15) is 19.5 Å². The van der Waals surface area contributed by atoms with Crippen LogP contribution in [0.5, 0.6) is 0 Å². The molecule has 174 valence electrons. The van der Waals surface area contributed by atoms with Gasteiger partial charge in [0.15, 0.2) is 0 Å². The Kier molecular flexibility index (Phi) is 7.27. The zero-order chi connectivity index (χ0) is 23.2. The number of ether oxygens (including phenoxy) is 1. The van der Waals surface area contributed by atoms with E-state index in [4.69, 9.17) is 4.74 Å². The molecule has 0 spiro atoms. The summed E-state index contributed by atoms with van der Waals surface area (Å²) in [5, 5.41) is 14.8. The third-order valence-electron chi connectivity index (χ3n) is 6.73. The van der Waals surface area contributed by atoms with Crippen molar-refractivity contribution in [3.05, 3.63) is 59.7 Å². The minimum Gasteiger partial charge on any atom is -0.481 e. The van der Waals surface area contributed by atoms with E-state index in [2.05, 4.69) is 34.9 Å². The molecule has 0 unspecified atom stereocenters. The van der Waals surface area contributed by atoms with Crippen molar-refractivity contribution in [3.63, 3.8) is 0 Å². The average molecular weight is 451 g/mol. The van der Waals surface area contributed by atoms with Crippen molar-refractivity contribution in [1.82, 2.24) is 10.6 Å². The predicted octanol–water partition coefficient (Wildman–Crippen LogP) is 3.92. The number of alkyl carbamates (subject to hydrolysis) is 1. The first-order valence-electron chi connectivity index (χ1n) is 11.6. The van der Waals surface area contributed by atoms with Gasteiger partial charge in [-0.15, -0.1) is 0 Å². The molecule has 7 nitrogen and oxygen atoms in total. The van der Waals surface area contributed by atoms with E-state index in [1.54, 1.807) is 0 Å². The van der Waals surface area contributed by atoms with Crippen LogP contribution in [-0.4, -0.2) is 42.8 Å². The number of carbonyl (C=O) groups excluding carboxylic acids is 2. The van der Waals surface area contributed by atoms with Crippen molar-refractivity contribution < 1.29 is 24.2 Å². The number of hydrogen-bond acceptors (Lipinski definition) is 4. The van der Waals surface area contributed by atoms with Gasteiger partial charge in [0.1, 0.15) is 6.61 Å². The fraction of sp³-hybridized carbons (Fsp3) is 0.423. The van der Waals surface area contributed by atoms with Gasteiger partial charge in [-0.05, 0) is 47.4 Å². The molecule has 2 aromatic rings. The highest BCUT2D eigenvalue weighted by Gasteiger charge is 2.33. The van der Waals surface area contributed by atoms with Gasteiger partial charge in [0, 0.05) is 25.4 Å². The van der Waals surface area contributed by atoms with Gasteiger partial charge in [-0.3, -0.25) is 9.59 Å². The van der Waals surface area contributed by atoms with Crippen molar-refractivity contribution in [3.8, 4) is 11.1 Å². The third kappa shape index (κ3) is 5.35. The van der Waals surface area contributed by atoms with E-state index in [-0.39, 0.29) is 36.7 Å². The molecular weight excluding hydrogens is 420 g/mol. The van der Waals surface area contributed by atoms with Gasteiger partial charge in [-0.1, -0.05) is 55.0 Å². The van der Waals surface area contributed by atoms with Crippen LogP contribution >= 0.6 is 0 Å². The lowest BCUT2D eigenvalue weighted by Crippen LogP contribution is -2.33. The van der Waals surface area contributed by atoms with Crippen LogP contribution in [0.3, 0.4) is 0 Å². The Hall–Kier alpha value is -3.35.